The van der Waals surface area contributed by atoms with Crippen molar-refractivity contribution in [2.24, 2.45) is 5.41 Å². The van der Waals surface area contributed by atoms with Gasteiger partial charge in [0, 0.05) is 17.3 Å². The predicted octanol–water partition coefficient (Wildman–Crippen LogP) is 3.60. The highest BCUT2D eigenvalue weighted by molar-refractivity contribution is 5.74. The summed E-state index contributed by atoms with van der Waals surface area (Å²) in [6.45, 7) is 7.75. The van der Waals surface area contributed by atoms with Gasteiger partial charge in [-0.1, -0.05) is 25.2 Å². The number of hydrogen-bond donors (Lipinski definition) is 0. The lowest BCUT2D eigenvalue weighted by Crippen LogP contribution is -2.34. The SMILES string of the molecule is CC(C)(C)OC(=O)N1C=CC2(C)CC=CC=C12. The molecule has 92 valence electrons. The highest BCUT2D eigenvalue weighted by Gasteiger charge is 2.38. The molecule has 0 saturated carbocycles. The second kappa shape index (κ2) is 3.76. The van der Waals surface area contributed by atoms with Gasteiger partial charge in [-0.05, 0) is 33.3 Å². The van der Waals surface area contributed by atoms with Crippen molar-refractivity contribution >= 4 is 6.09 Å². The fraction of sp³-hybridized carbons (Fsp3) is 0.500. The van der Waals surface area contributed by atoms with Gasteiger partial charge in [0.1, 0.15) is 5.60 Å². The van der Waals surface area contributed by atoms with Crippen LogP contribution in [0.3, 0.4) is 0 Å². The molecule has 0 aromatic heterocycles. The van der Waals surface area contributed by atoms with Gasteiger partial charge in [-0.15, -0.1) is 0 Å². The quantitative estimate of drug-likeness (QED) is 0.639. The molecule has 0 bridgehead atoms. The normalized spacial score (nSPS) is 26.8. The molecule has 2 rings (SSSR count). The molecular formula is C14H19NO2. The van der Waals surface area contributed by atoms with Crippen LogP contribution in [0.1, 0.15) is 34.1 Å². The molecule has 0 aromatic carbocycles. The molecule has 1 atom stereocenters. The molecule has 1 heterocycles. The third kappa shape index (κ3) is 2.28. The lowest BCUT2D eigenvalue weighted by molar-refractivity contribution is 0.0374. The molecular weight excluding hydrogens is 214 g/mol. The maximum atomic E-state index is 12.0. The number of ether oxygens (including phenoxy) is 1. The third-order valence-electron chi connectivity index (χ3n) is 2.96. The Morgan fingerprint density at radius 3 is 2.82 bits per heavy atom. The summed E-state index contributed by atoms with van der Waals surface area (Å²) in [6, 6.07) is 0. The standard InChI is InChI=1S/C14H19NO2/c1-13(2,3)17-12(16)15-10-9-14(4)8-6-5-7-11(14)15/h5-7,9-10H,8H2,1-4H3. The summed E-state index contributed by atoms with van der Waals surface area (Å²) in [4.78, 5) is 13.7. The van der Waals surface area contributed by atoms with E-state index in [-0.39, 0.29) is 11.5 Å². The van der Waals surface area contributed by atoms with Gasteiger partial charge in [0.25, 0.3) is 0 Å². The zero-order valence-electron chi connectivity index (χ0n) is 10.9. The van der Waals surface area contributed by atoms with E-state index in [9.17, 15) is 4.79 Å². The molecule has 1 aliphatic heterocycles. The van der Waals surface area contributed by atoms with Crippen LogP contribution in [-0.4, -0.2) is 16.6 Å². The summed E-state index contributed by atoms with van der Waals surface area (Å²) in [7, 11) is 0. The second-order valence-electron chi connectivity index (χ2n) is 5.77. The summed E-state index contributed by atoms with van der Waals surface area (Å²) in [5, 5.41) is 0. The van der Waals surface area contributed by atoms with Crippen LogP contribution in [0.15, 0.2) is 36.2 Å². The van der Waals surface area contributed by atoms with E-state index < -0.39 is 5.60 Å². The number of fused-ring (bicyclic) bond motifs is 1. The first-order chi connectivity index (χ1) is 7.82. The Hall–Kier alpha value is -1.51. The van der Waals surface area contributed by atoms with Gasteiger partial charge in [0.2, 0.25) is 0 Å². The van der Waals surface area contributed by atoms with Gasteiger partial charge < -0.3 is 4.74 Å². The minimum atomic E-state index is -0.463. The first-order valence-corrected chi connectivity index (χ1v) is 5.91. The summed E-state index contributed by atoms with van der Waals surface area (Å²) >= 11 is 0. The molecule has 0 fully saturated rings. The molecule has 0 N–H and O–H groups in total. The van der Waals surface area contributed by atoms with Crippen LogP contribution in [0.4, 0.5) is 4.79 Å². The van der Waals surface area contributed by atoms with Crippen molar-refractivity contribution in [1.29, 1.82) is 0 Å². The van der Waals surface area contributed by atoms with Crippen molar-refractivity contribution < 1.29 is 9.53 Å². The van der Waals surface area contributed by atoms with Crippen LogP contribution >= 0.6 is 0 Å². The van der Waals surface area contributed by atoms with Crippen molar-refractivity contribution in [1.82, 2.24) is 4.90 Å². The molecule has 1 unspecified atom stereocenters. The van der Waals surface area contributed by atoms with E-state index in [4.69, 9.17) is 4.74 Å². The average molecular weight is 233 g/mol. The van der Waals surface area contributed by atoms with Gasteiger partial charge in [-0.3, -0.25) is 4.90 Å². The summed E-state index contributed by atoms with van der Waals surface area (Å²) < 4.78 is 5.39. The third-order valence-corrected chi connectivity index (χ3v) is 2.96. The molecule has 17 heavy (non-hydrogen) atoms. The van der Waals surface area contributed by atoms with Crippen molar-refractivity contribution in [2.75, 3.05) is 0 Å². The first-order valence-electron chi connectivity index (χ1n) is 5.91. The molecule has 0 saturated heterocycles. The second-order valence-corrected chi connectivity index (χ2v) is 5.77. The van der Waals surface area contributed by atoms with Crippen LogP contribution in [0.5, 0.6) is 0 Å². The first kappa shape index (κ1) is 12.0. The number of carbonyl (C=O) groups excluding carboxylic acids is 1. The number of rotatable bonds is 0. The van der Waals surface area contributed by atoms with E-state index in [2.05, 4.69) is 19.1 Å². The minimum absolute atomic E-state index is 0.0638. The van der Waals surface area contributed by atoms with E-state index in [1.54, 1.807) is 4.90 Å². The number of amides is 1. The van der Waals surface area contributed by atoms with Crippen molar-refractivity contribution in [3.05, 3.63) is 36.2 Å². The lowest BCUT2D eigenvalue weighted by atomic mass is 9.82. The topological polar surface area (TPSA) is 29.5 Å². The number of hydrogen-bond acceptors (Lipinski definition) is 2. The zero-order chi connectivity index (χ0) is 12.7. The van der Waals surface area contributed by atoms with Gasteiger partial charge in [0.15, 0.2) is 0 Å². The molecule has 0 radical (unpaired) electrons. The predicted molar refractivity (Wildman–Crippen MR) is 67.2 cm³/mol. The number of nitrogens with zero attached hydrogens (tertiary/aromatic N) is 1. The van der Waals surface area contributed by atoms with Crippen molar-refractivity contribution in [3.8, 4) is 0 Å². The van der Waals surface area contributed by atoms with E-state index in [1.165, 1.54) is 0 Å². The Morgan fingerprint density at radius 1 is 1.47 bits per heavy atom. The highest BCUT2D eigenvalue weighted by Crippen LogP contribution is 2.42. The van der Waals surface area contributed by atoms with Crippen molar-refractivity contribution in [3.63, 3.8) is 0 Å². The van der Waals surface area contributed by atoms with Crippen LogP contribution in [0.2, 0.25) is 0 Å². The highest BCUT2D eigenvalue weighted by atomic mass is 16.6. The summed E-state index contributed by atoms with van der Waals surface area (Å²) in [5.74, 6) is 0. The smallest absolute Gasteiger partial charge is 0.418 e. The van der Waals surface area contributed by atoms with Gasteiger partial charge in [-0.2, -0.15) is 0 Å². The Bertz CT molecular complexity index is 426. The number of allylic oxidation sites excluding steroid dienone is 4. The zero-order valence-corrected chi connectivity index (χ0v) is 10.9. The minimum Gasteiger partial charge on any atom is -0.443 e. The Labute approximate surface area is 102 Å². The molecule has 0 spiro atoms. The van der Waals surface area contributed by atoms with E-state index in [0.29, 0.717) is 0 Å². The van der Waals surface area contributed by atoms with E-state index in [1.807, 2.05) is 39.1 Å². The summed E-state index contributed by atoms with van der Waals surface area (Å²) in [6.07, 6.45) is 10.6. The summed E-state index contributed by atoms with van der Waals surface area (Å²) in [5.41, 5.74) is 0.468. The molecule has 1 aliphatic carbocycles. The Morgan fingerprint density at radius 2 is 2.18 bits per heavy atom. The lowest BCUT2D eigenvalue weighted by Gasteiger charge is -2.31. The van der Waals surface area contributed by atoms with Crippen LogP contribution in [-0.2, 0) is 4.74 Å². The van der Waals surface area contributed by atoms with Gasteiger partial charge >= 0.3 is 6.09 Å². The fourth-order valence-electron chi connectivity index (χ4n) is 2.07. The maximum Gasteiger partial charge on any atom is 0.418 e. The monoisotopic (exact) mass is 233 g/mol. The van der Waals surface area contributed by atoms with Crippen LogP contribution in [0.25, 0.3) is 0 Å². The molecule has 3 nitrogen and oxygen atoms in total. The Kier molecular flexibility index (Phi) is 2.64. The molecule has 1 amide bonds. The largest absolute Gasteiger partial charge is 0.443 e. The average Bonchev–Trinajstić information content (AvgIpc) is 2.52. The maximum absolute atomic E-state index is 12.0. The fourth-order valence-corrected chi connectivity index (χ4v) is 2.07. The van der Waals surface area contributed by atoms with Gasteiger partial charge in [0.05, 0.1) is 0 Å². The number of carbonyl (C=O) groups is 1. The molecule has 3 heteroatoms. The Balaban J connectivity index is 2.19. The van der Waals surface area contributed by atoms with Crippen LogP contribution < -0.4 is 0 Å². The van der Waals surface area contributed by atoms with Crippen molar-refractivity contribution in [2.45, 2.75) is 39.7 Å². The molecule has 0 aromatic rings. The van der Waals surface area contributed by atoms with Gasteiger partial charge in [-0.25, -0.2) is 4.79 Å². The van der Waals surface area contributed by atoms with E-state index >= 15 is 0 Å². The van der Waals surface area contributed by atoms with Crippen LogP contribution in [0, 0.1) is 5.41 Å². The molecule has 2 aliphatic rings. The van der Waals surface area contributed by atoms with E-state index in [0.717, 1.165) is 12.1 Å².